The van der Waals surface area contributed by atoms with Crippen LogP contribution in [-0.2, 0) is 38.0 Å². The average molecular weight is 493 g/mol. The summed E-state index contributed by atoms with van der Waals surface area (Å²) in [4.78, 5) is 37.2. The number of ether oxygens (including phenoxy) is 2. The summed E-state index contributed by atoms with van der Waals surface area (Å²) in [5.41, 5.74) is 2.79. The van der Waals surface area contributed by atoms with E-state index in [0.29, 0.717) is 11.5 Å². The van der Waals surface area contributed by atoms with E-state index in [4.69, 9.17) is 9.47 Å². The number of hydrogen-bond acceptors (Lipinski definition) is 6. The molecule has 3 rings (SSSR count). The number of thioether (sulfide) groups is 1. The molecule has 0 fully saturated rings. The molecule has 8 heteroatoms. The van der Waals surface area contributed by atoms with Crippen molar-refractivity contribution >= 4 is 29.7 Å². The molecule has 1 atom stereocenters. The fourth-order valence-electron chi connectivity index (χ4n) is 3.03. The predicted molar refractivity (Wildman–Crippen MR) is 135 cm³/mol. The van der Waals surface area contributed by atoms with Crippen molar-refractivity contribution in [3.05, 3.63) is 108 Å². The molecule has 2 N–H and O–H groups in total. The number of hydrogen-bond donors (Lipinski definition) is 2. The van der Waals surface area contributed by atoms with E-state index in [9.17, 15) is 14.4 Å². The molecule has 0 saturated carbocycles. The molecule has 0 aliphatic rings. The number of carbonyl (C=O) groups is 3. The zero-order valence-electron chi connectivity index (χ0n) is 19.2. The van der Waals surface area contributed by atoms with E-state index < -0.39 is 24.0 Å². The van der Waals surface area contributed by atoms with Crippen LogP contribution in [0.2, 0.25) is 0 Å². The van der Waals surface area contributed by atoms with E-state index in [2.05, 4.69) is 10.6 Å². The molecule has 3 aromatic carbocycles. The molecule has 1 unspecified atom stereocenters. The normalized spacial score (nSPS) is 11.2. The Morgan fingerprint density at radius 2 is 1.23 bits per heavy atom. The summed E-state index contributed by atoms with van der Waals surface area (Å²) in [5, 5.41) is 5.16. The van der Waals surface area contributed by atoms with E-state index in [1.165, 1.54) is 11.8 Å². The highest BCUT2D eigenvalue weighted by Crippen LogP contribution is 2.13. The molecule has 7 nitrogen and oxygen atoms in total. The zero-order valence-corrected chi connectivity index (χ0v) is 20.0. The Balaban J connectivity index is 1.49. The minimum absolute atomic E-state index is 0.0873. The zero-order chi connectivity index (χ0) is 24.7. The highest BCUT2D eigenvalue weighted by Gasteiger charge is 2.22. The van der Waals surface area contributed by atoms with Gasteiger partial charge < -0.3 is 20.1 Å². The number of benzene rings is 3. The van der Waals surface area contributed by atoms with Crippen molar-refractivity contribution in [3.63, 3.8) is 0 Å². The molecule has 0 heterocycles. The number of rotatable bonds is 12. The van der Waals surface area contributed by atoms with Crippen molar-refractivity contribution in [2.24, 2.45) is 0 Å². The van der Waals surface area contributed by atoms with Crippen molar-refractivity contribution in [3.8, 4) is 0 Å². The SMILES string of the molecule is O=C(CNC(=O)C(CSCc1ccccc1)NC(=O)OCc1ccccc1)OCc1ccccc1. The van der Waals surface area contributed by atoms with Crippen LogP contribution in [0.25, 0.3) is 0 Å². The molecule has 182 valence electrons. The molecule has 2 amide bonds. The standard InChI is InChI=1S/C27H28N2O5S/c30-25(33-17-21-10-4-1-5-11-21)16-28-26(31)24(20-35-19-23-14-8-3-9-15-23)29-27(32)34-18-22-12-6-2-7-13-22/h1-15,24H,16-20H2,(H,28,31)(H,29,32). The fraction of sp³-hybridized carbons (Fsp3) is 0.222. The van der Waals surface area contributed by atoms with E-state index in [0.717, 1.165) is 16.7 Å². The Morgan fingerprint density at radius 1 is 0.714 bits per heavy atom. The van der Waals surface area contributed by atoms with Crippen LogP contribution in [0.3, 0.4) is 0 Å². The van der Waals surface area contributed by atoms with Crippen LogP contribution in [0.1, 0.15) is 16.7 Å². The molecule has 0 saturated heterocycles. The molecule has 0 spiro atoms. The maximum atomic E-state index is 12.8. The Morgan fingerprint density at radius 3 is 1.80 bits per heavy atom. The monoisotopic (exact) mass is 492 g/mol. The van der Waals surface area contributed by atoms with Gasteiger partial charge in [-0.2, -0.15) is 11.8 Å². The largest absolute Gasteiger partial charge is 0.460 e. The number of alkyl carbamates (subject to hydrolysis) is 1. The molecule has 0 bridgehead atoms. The Labute approximate surface area is 209 Å². The van der Waals surface area contributed by atoms with Crippen LogP contribution in [0.4, 0.5) is 4.79 Å². The summed E-state index contributed by atoms with van der Waals surface area (Å²) in [6.45, 7) is -0.0911. The minimum atomic E-state index is -0.881. The summed E-state index contributed by atoms with van der Waals surface area (Å²) >= 11 is 1.49. The molecule has 3 aromatic rings. The van der Waals surface area contributed by atoms with E-state index in [1.807, 2.05) is 91.0 Å². The first-order valence-corrected chi connectivity index (χ1v) is 12.3. The highest BCUT2D eigenvalue weighted by molar-refractivity contribution is 7.98. The third kappa shape index (κ3) is 9.93. The van der Waals surface area contributed by atoms with Crippen molar-refractivity contribution in [1.82, 2.24) is 10.6 Å². The number of nitrogens with one attached hydrogen (secondary N) is 2. The van der Waals surface area contributed by atoms with Crippen LogP contribution in [0.5, 0.6) is 0 Å². The molecule has 0 radical (unpaired) electrons. The van der Waals surface area contributed by atoms with Crippen molar-refractivity contribution in [2.75, 3.05) is 12.3 Å². The molecule has 0 aliphatic carbocycles. The number of carbonyl (C=O) groups excluding carboxylic acids is 3. The third-order valence-corrected chi connectivity index (χ3v) is 5.97. The Hall–Kier alpha value is -3.78. The van der Waals surface area contributed by atoms with E-state index >= 15 is 0 Å². The van der Waals surface area contributed by atoms with Gasteiger partial charge in [0, 0.05) is 11.5 Å². The number of amides is 2. The second-order valence-electron chi connectivity index (χ2n) is 7.62. The fourth-order valence-corrected chi connectivity index (χ4v) is 4.05. The minimum Gasteiger partial charge on any atom is -0.460 e. The van der Waals surface area contributed by atoms with E-state index in [-0.39, 0.29) is 19.8 Å². The Bertz CT molecular complexity index is 1060. The lowest BCUT2D eigenvalue weighted by Crippen LogP contribution is -2.49. The number of esters is 1. The second kappa shape index (κ2) is 14.5. The second-order valence-corrected chi connectivity index (χ2v) is 8.65. The van der Waals surface area contributed by atoms with Gasteiger partial charge in [0.25, 0.3) is 0 Å². The van der Waals surface area contributed by atoms with Gasteiger partial charge >= 0.3 is 12.1 Å². The first-order valence-electron chi connectivity index (χ1n) is 11.2. The van der Waals surface area contributed by atoms with Gasteiger partial charge in [-0.3, -0.25) is 9.59 Å². The maximum Gasteiger partial charge on any atom is 0.408 e. The maximum absolute atomic E-state index is 12.8. The van der Waals surface area contributed by atoms with Gasteiger partial charge in [-0.05, 0) is 16.7 Å². The van der Waals surface area contributed by atoms with Gasteiger partial charge in [-0.1, -0.05) is 91.0 Å². The molecule has 0 aromatic heterocycles. The van der Waals surface area contributed by atoms with Crippen LogP contribution in [-0.4, -0.2) is 36.3 Å². The summed E-state index contributed by atoms with van der Waals surface area (Å²) in [6, 6.07) is 27.5. The van der Waals surface area contributed by atoms with Gasteiger partial charge in [0.05, 0.1) is 0 Å². The summed E-state index contributed by atoms with van der Waals surface area (Å²) < 4.78 is 10.5. The topological polar surface area (TPSA) is 93.7 Å². The average Bonchev–Trinajstić information content (AvgIpc) is 2.90. The van der Waals surface area contributed by atoms with Gasteiger partial charge in [-0.15, -0.1) is 0 Å². The summed E-state index contributed by atoms with van der Waals surface area (Å²) in [6.07, 6.45) is -0.707. The predicted octanol–water partition coefficient (Wildman–Crippen LogP) is 4.07. The highest BCUT2D eigenvalue weighted by atomic mass is 32.2. The summed E-state index contributed by atoms with van der Waals surface area (Å²) in [5.74, 6) is -0.0755. The lowest BCUT2D eigenvalue weighted by atomic mass is 10.2. The Kier molecular flexibility index (Phi) is 10.7. The van der Waals surface area contributed by atoms with Crippen molar-refractivity contribution < 1.29 is 23.9 Å². The first kappa shape index (κ1) is 25.8. The lowest BCUT2D eigenvalue weighted by Gasteiger charge is -2.18. The molecule has 0 aliphatic heterocycles. The third-order valence-electron chi connectivity index (χ3n) is 4.87. The molecular weight excluding hydrogens is 464 g/mol. The smallest absolute Gasteiger partial charge is 0.408 e. The lowest BCUT2D eigenvalue weighted by molar-refractivity contribution is -0.145. The van der Waals surface area contributed by atoms with Gasteiger partial charge in [0.15, 0.2) is 0 Å². The molecular formula is C27H28N2O5S. The van der Waals surface area contributed by atoms with Crippen LogP contribution >= 0.6 is 11.8 Å². The van der Waals surface area contributed by atoms with Crippen LogP contribution in [0, 0.1) is 0 Å². The van der Waals surface area contributed by atoms with Gasteiger partial charge in [0.2, 0.25) is 5.91 Å². The quantitative estimate of drug-likeness (QED) is 0.370. The van der Waals surface area contributed by atoms with E-state index in [1.54, 1.807) is 0 Å². The van der Waals surface area contributed by atoms with Crippen LogP contribution < -0.4 is 10.6 Å². The van der Waals surface area contributed by atoms with Gasteiger partial charge in [-0.25, -0.2) is 4.79 Å². The van der Waals surface area contributed by atoms with Gasteiger partial charge in [0.1, 0.15) is 25.8 Å². The van der Waals surface area contributed by atoms with Crippen molar-refractivity contribution in [1.29, 1.82) is 0 Å². The summed E-state index contributed by atoms with van der Waals surface area (Å²) in [7, 11) is 0. The van der Waals surface area contributed by atoms with Crippen LogP contribution in [0.15, 0.2) is 91.0 Å². The molecule has 35 heavy (non-hydrogen) atoms. The van der Waals surface area contributed by atoms with Crippen molar-refractivity contribution in [2.45, 2.75) is 25.0 Å². The first-order chi connectivity index (χ1) is 17.1.